The number of benzene rings is 2. The summed E-state index contributed by atoms with van der Waals surface area (Å²) in [6, 6.07) is 13.8. The van der Waals surface area contributed by atoms with E-state index in [1.165, 1.54) is 11.1 Å². The predicted molar refractivity (Wildman–Crippen MR) is 101 cm³/mol. The van der Waals surface area contributed by atoms with Gasteiger partial charge in [-0.2, -0.15) is 0 Å². The maximum Gasteiger partial charge on any atom is 0.270 e. The number of hydrogen-bond acceptors (Lipinski definition) is 2. The normalized spacial score (nSPS) is 10.8. The van der Waals surface area contributed by atoms with Crippen LogP contribution in [0.1, 0.15) is 38.4 Å². The van der Waals surface area contributed by atoms with Gasteiger partial charge in [-0.3, -0.25) is 10.2 Å². The topological polar surface area (TPSA) is 46.9 Å². The first-order valence-corrected chi connectivity index (χ1v) is 8.38. The number of nitrogens with one attached hydrogen (secondary N) is 1. The van der Waals surface area contributed by atoms with Gasteiger partial charge in [-0.15, -0.1) is 0 Å². The van der Waals surface area contributed by atoms with Gasteiger partial charge in [-0.05, 0) is 58.9 Å². The molecule has 4 heteroatoms. The van der Waals surface area contributed by atoms with E-state index in [9.17, 15) is 4.79 Å². The van der Waals surface area contributed by atoms with Crippen LogP contribution in [0.2, 0.25) is 0 Å². The van der Waals surface area contributed by atoms with Crippen molar-refractivity contribution in [2.24, 2.45) is 0 Å². The Morgan fingerprint density at radius 2 is 1.48 bits per heavy atom. The fraction of sp³-hybridized carbons (Fsp3) is 0.238. The van der Waals surface area contributed by atoms with Gasteiger partial charge < -0.3 is 0 Å². The van der Waals surface area contributed by atoms with Crippen LogP contribution in [-0.2, 0) is 0 Å². The molecule has 0 saturated carbocycles. The van der Waals surface area contributed by atoms with Gasteiger partial charge in [0.25, 0.3) is 5.91 Å². The van der Waals surface area contributed by atoms with Gasteiger partial charge in [0.1, 0.15) is 0 Å². The van der Waals surface area contributed by atoms with Crippen LogP contribution in [0.15, 0.2) is 42.5 Å². The highest BCUT2D eigenvalue weighted by Crippen LogP contribution is 2.23. The van der Waals surface area contributed by atoms with Crippen molar-refractivity contribution in [1.29, 1.82) is 0 Å². The molecule has 0 unspecified atom stereocenters. The Balaban J connectivity index is 2.01. The fourth-order valence-electron chi connectivity index (χ4n) is 2.92. The molecule has 0 spiro atoms. The van der Waals surface area contributed by atoms with Crippen LogP contribution in [0, 0.1) is 34.6 Å². The second-order valence-electron chi connectivity index (χ2n) is 6.62. The summed E-state index contributed by atoms with van der Waals surface area (Å²) >= 11 is 0. The monoisotopic (exact) mass is 333 g/mol. The molecule has 0 fully saturated rings. The quantitative estimate of drug-likeness (QED) is 0.768. The lowest BCUT2D eigenvalue weighted by atomic mass is 10.1. The van der Waals surface area contributed by atoms with Crippen LogP contribution in [0.3, 0.4) is 0 Å². The van der Waals surface area contributed by atoms with Crippen molar-refractivity contribution in [3.63, 3.8) is 0 Å². The number of carbonyl (C=O) groups excluding carboxylic acids is 1. The molecule has 0 radical (unpaired) electrons. The predicted octanol–water partition coefficient (Wildman–Crippen LogP) is 4.48. The molecule has 0 aliphatic rings. The number of nitrogens with zero attached hydrogens (tertiary/aromatic N) is 2. The van der Waals surface area contributed by atoms with Gasteiger partial charge in [0, 0.05) is 11.1 Å². The number of hydrogen-bond donors (Lipinski definition) is 1. The van der Waals surface area contributed by atoms with Crippen molar-refractivity contribution in [3.8, 4) is 11.4 Å². The Labute approximate surface area is 148 Å². The van der Waals surface area contributed by atoms with E-state index in [-0.39, 0.29) is 5.91 Å². The van der Waals surface area contributed by atoms with Crippen molar-refractivity contribution < 1.29 is 4.79 Å². The molecule has 0 bridgehead atoms. The SMILES string of the molecule is Cc1ccc(C(=O)Nn2c(-c3cc(C)cc(C)c3)nc(C)c2C)cc1. The lowest BCUT2D eigenvalue weighted by Crippen LogP contribution is -2.24. The van der Waals surface area contributed by atoms with Crippen molar-refractivity contribution >= 4 is 5.91 Å². The van der Waals surface area contributed by atoms with Crippen molar-refractivity contribution in [3.05, 3.63) is 76.1 Å². The minimum atomic E-state index is -0.147. The summed E-state index contributed by atoms with van der Waals surface area (Å²) in [4.78, 5) is 17.3. The second kappa shape index (κ2) is 6.55. The van der Waals surface area contributed by atoms with E-state index in [1.54, 1.807) is 4.68 Å². The van der Waals surface area contributed by atoms with E-state index in [2.05, 4.69) is 42.5 Å². The molecule has 3 rings (SSSR count). The second-order valence-corrected chi connectivity index (χ2v) is 6.62. The van der Waals surface area contributed by atoms with Crippen LogP contribution in [0.4, 0.5) is 0 Å². The third-order valence-electron chi connectivity index (χ3n) is 4.35. The first-order chi connectivity index (χ1) is 11.8. The van der Waals surface area contributed by atoms with Crippen molar-refractivity contribution in [2.75, 3.05) is 5.43 Å². The lowest BCUT2D eigenvalue weighted by Gasteiger charge is -2.13. The van der Waals surface area contributed by atoms with E-state index >= 15 is 0 Å². The van der Waals surface area contributed by atoms with E-state index in [0.717, 1.165) is 28.3 Å². The molecule has 0 atom stereocenters. The maximum atomic E-state index is 12.6. The Hall–Kier alpha value is -2.88. The Bertz CT molecular complexity index is 916. The number of rotatable bonds is 3. The molecular formula is C21H23N3O. The summed E-state index contributed by atoms with van der Waals surface area (Å²) in [5.74, 6) is 0.605. The van der Waals surface area contributed by atoms with Crippen LogP contribution in [0.5, 0.6) is 0 Å². The van der Waals surface area contributed by atoms with Crippen LogP contribution >= 0.6 is 0 Å². The fourth-order valence-corrected chi connectivity index (χ4v) is 2.92. The van der Waals surface area contributed by atoms with E-state index < -0.39 is 0 Å². The van der Waals surface area contributed by atoms with Gasteiger partial charge in [0.15, 0.2) is 5.82 Å². The van der Waals surface area contributed by atoms with Crippen molar-refractivity contribution in [1.82, 2.24) is 9.66 Å². The minimum absolute atomic E-state index is 0.147. The Morgan fingerprint density at radius 3 is 2.08 bits per heavy atom. The zero-order valence-electron chi connectivity index (χ0n) is 15.3. The minimum Gasteiger partial charge on any atom is -0.267 e. The molecule has 2 aromatic carbocycles. The Morgan fingerprint density at radius 1 is 0.880 bits per heavy atom. The summed E-state index contributed by atoms with van der Waals surface area (Å²) in [5.41, 5.74) is 9.91. The van der Waals surface area contributed by atoms with Gasteiger partial charge >= 0.3 is 0 Å². The highest BCUT2D eigenvalue weighted by Gasteiger charge is 2.16. The van der Waals surface area contributed by atoms with E-state index in [0.29, 0.717) is 5.56 Å². The third kappa shape index (κ3) is 3.48. The van der Waals surface area contributed by atoms with Gasteiger partial charge in [0.2, 0.25) is 0 Å². The van der Waals surface area contributed by atoms with Crippen LogP contribution in [-0.4, -0.2) is 15.6 Å². The number of aryl methyl sites for hydroxylation is 4. The first-order valence-electron chi connectivity index (χ1n) is 8.38. The number of aromatic nitrogens is 2. The average Bonchev–Trinajstić information content (AvgIpc) is 2.83. The summed E-state index contributed by atoms with van der Waals surface area (Å²) in [7, 11) is 0. The molecule has 4 nitrogen and oxygen atoms in total. The number of imidazole rings is 1. The van der Waals surface area contributed by atoms with Gasteiger partial charge in [0.05, 0.1) is 11.4 Å². The Kier molecular flexibility index (Phi) is 4.45. The standard InChI is InChI=1S/C21H23N3O/c1-13-6-8-18(9-7-13)21(25)23-24-17(5)16(4)22-20(24)19-11-14(2)10-15(3)12-19/h6-12H,1-5H3,(H,23,25). The van der Waals surface area contributed by atoms with Crippen molar-refractivity contribution in [2.45, 2.75) is 34.6 Å². The molecule has 0 saturated heterocycles. The third-order valence-corrected chi connectivity index (χ3v) is 4.35. The summed E-state index contributed by atoms with van der Waals surface area (Å²) < 4.78 is 1.78. The average molecular weight is 333 g/mol. The first kappa shape index (κ1) is 17.0. The lowest BCUT2D eigenvalue weighted by molar-refractivity contribution is 0.101. The largest absolute Gasteiger partial charge is 0.270 e. The smallest absolute Gasteiger partial charge is 0.267 e. The summed E-state index contributed by atoms with van der Waals surface area (Å²) in [6.07, 6.45) is 0. The molecule has 25 heavy (non-hydrogen) atoms. The summed E-state index contributed by atoms with van der Waals surface area (Å²) in [5, 5.41) is 0. The zero-order chi connectivity index (χ0) is 18.1. The molecule has 128 valence electrons. The zero-order valence-corrected chi connectivity index (χ0v) is 15.3. The molecule has 1 amide bonds. The molecule has 1 N–H and O–H groups in total. The van der Waals surface area contributed by atoms with Crippen LogP contribution < -0.4 is 5.43 Å². The summed E-state index contributed by atoms with van der Waals surface area (Å²) in [6.45, 7) is 10.0. The van der Waals surface area contributed by atoms with E-state index in [4.69, 9.17) is 0 Å². The maximum absolute atomic E-state index is 12.6. The molecule has 3 aromatic rings. The highest BCUT2D eigenvalue weighted by atomic mass is 16.2. The molecular weight excluding hydrogens is 310 g/mol. The molecule has 1 aromatic heterocycles. The van der Waals surface area contributed by atoms with E-state index in [1.807, 2.05) is 45.0 Å². The molecule has 1 heterocycles. The van der Waals surface area contributed by atoms with Gasteiger partial charge in [-0.1, -0.05) is 34.9 Å². The highest BCUT2D eigenvalue weighted by molar-refractivity contribution is 6.00. The van der Waals surface area contributed by atoms with Crippen LogP contribution in [0.25, 0.3) is 11.4 Å². The number of carbonyl (C=O) groups is 1. The molecule has 0 aliphatic carbocycles. The number of amides is 1. The van der Waals surface area contributed by atoms with Gasteiger partial charge in [-0.25, -0.2) is 9.66 Å². The molecule has 0 aliphatic heterocycles.